The number of hydrogen-bond acceptors (Lipinski definition) is 2. The van der Waals surface area contributed by atoms with Crippen LogP contribution in [0.3, 0.4) is 0 Å². The average Bonchev–Trinajstić information content (AvgIpc) is 2.91. The lowest BCUT2D eigenvalue weighted by Gasteiger charge is -2.17. The van der Waals surface area contributed by atoms with Crippen LogP contribution in [-0.2, 0) is 13.5 Å². The molecule has 0 fully saturated rings. The van der Waals surface area contributed by atoms with Crippen LogP contribution in [-0.4, -0.2) is 34.0 Å². The maximum atomic E-state index is 12.7. The fourth-order valence-corrected chi connectivity index (χ4v) is 3.02. The molecule has 23 heavy (non-hydrogen) atoms. The Morgan fingerprint density at radius 2 is 2.00 bits per heavy atom. The third-order valence-electron chi connectivity index (χ3n) is 4.06. The van der Waals surface area contributed by atoms with E-state index in [1.165, 1.54) is 5.56 Å². The molecular formula is C18H18ClN3O. The summed E-state index contributed by atoms with van der Waals surface area (Å²) in [6.07, 6.45) is 4.33. The molecule has 118 valence electrons. The van der Waals surface area contributed by atoms with Crippen molar-refractivity contribution >= 4 is 28.4 Å². The lowest BCUT2D eigenvalue weighted by atomic mass is 10.2. The smallest absolute Gasteiger partial charge is 0.270 e. The normalized spacial score (nSPS) is 10.9. The Balaban J connectivity index is 1.80. The summed E-state index contributed by atoms with van der Waals surface area (Å²) in [5, 5.41) is 1.63. The Morgan fingerprint density at radius 3 is 2.70 bits per heavy atom. The van der Waals surface area contributed by atoms with Gasteiger partial charge in [-0.05, 0) is 36.2 Å². The zero-order valence-corrected chi connectivity index (χ0v) is 13.9. The van der Waals surface area contributed by atoms with Crippen LogP contribution < -0.4 is 0 Å². The molecule has 1 amide bonds. The summed E-state index contributed by atoms with van der Waals surface area (Å²) in [5.41, 5.74) is 2.70. The Morgan fingerprint density at radius 1 is 1.26 bits per heavy atom. The SMILES string of the molecule is CN(CCc1ccncc1)C(=O)c1cc2cccc(Cl)c2n1C. The van der Waals surface area contributed by atoms with Gasteiger partial charge < -0.3 is 9.47 Å². The molecule has 3 aromatic rings. The molecule has 0 saturated carbocycles. The molecule has 0 N–H and O–H groups in total. The van der Waals surface area contributed by atoms with Crippen LogP contribution in [0.25, 0.3) is 10.9 Å². The predicted octanol–water partition coefficient (Wildman–Crippen LogP) is 3.54. The summed E-state index contributed by atoms with van der Waals surface area (Å²) in [6, 6.07) is 11.5. The Hall–Kier alpha value is -2.33. The number of carbonyl (C=O) groups is 1. The molecule has 0 radical (unpaired) electrons. The van der Waals surface area contributed by atoms with Crippen molar-refractivity contribution in [3.63, 3.8) is 0 Å². The minimum atomic E-state index is -0.00572. The summed E-state index contributed by atoms with van der Waals surface area (Å²) in [5.74, 6) is -0.00572. The Labute approximate surface area is 140 Å². The van der Waals surface area contributed by atoms with Gasteiger partial charge in [0.15, 0.2) is 0 Å². The van der Waals surface area contributed by atoms with Crippen LogP contribution in [0.1, 0.15) is 16.1 Å². The zero-order valence-electron chi connectivity index (χ0n) is 13.2. The monoisotopic (exact) mass is 327 g/mol. The van der Waals surface area contributed by atoms with Crippen LogP contribution >= 0.6 is 11.6 Å². The summed E-state index contributed by atoms with van der Waals surface area (Å²) >= 11 is 6.25. The number of nitrogens with zero attached hydrogens (tertiary/aromatic N) is 3. The number of fused-ring (bicyclic) bond motifs is 1. The minimum Gasteiger partial charge on any atom is -0.340 e. The molecule has 2 heterocycles. The molecule has 2 aromatic heterocycles. The lowest BCUT2D eigenvalue weighted by Crippen LogP contribution is -2.30. The highest BCUT2D eigenvalue weighted by Gasteiger charge is 2.18. The van der Waals surface area contributed by atoms with Crippen LogP contribution in [0.2, 0.25) is 5.02 Å². The van der Waals surface area contributed by atoms with Gasteiger partial charge in [0.05, 0.1) is 10.5 Å². The first-order chi connectivity index (χ1) is 11.1. The van der Waals surface area contributed by atoms with Crippen LogP contribution in [0.5, 0.6) is 0 Å². The number of pyridine rings is 1. The van der Waals surface area contributed by atoms with Crippen molar-refractivity contribution in [2.75, 3.05) is 13.6 Å². The summed E-state index contributed by atoms with van der Waals surface area (Å²) in [4.78, 5) is 18.5. The van der Waals surface area contributed by atoms with E-state index >= 15 is 0 Å². The molecule has 0 aliphatic rings. The number of benzene rings is 1. The van der Waals surface area contributed by atoms with Gasteiger partial charge in [0.25, 0.3) is 5.91 Å². The van der Waals surface area contributed by atoms with Crippen molar-refractivity contribution in [1.82, 2.24) is 14.5 Å². The van der Waals surface area contributed by atoms with Gasteiger partial charge in [-0.1, -0.05) is 23.7 Å². The molecule has 0 unspecified atom stereocenters. The average molecular weight is 328 g/mol. The molecule has 0 aliphatic carbocycles. The van der Waals surface area contributed by atoms with Crippen LogP contribution in [0, 0.1) is 0 Å². The van der Waals surface area contributed by atoms with E-state index < -0.39 is 0 Å². The number of rotatable bonds is 4. The van der Waals surface area contributed by atoms with Gasteiger partial charge >= 0.3 is 0 Å². The number of aromatic nitrogens is 2. The van der Waals surface area contributed by atoms with Gasteiger partial charge in [-0.15, -0.1) is 0 Å². The molecular weight excluding hydrogens is 310 g/mol. The van der Waals surface area contributed by atoms with E-state index in [4.69, 9.17) is 11.6 Å². The fraction of sp³-hybridized carbons (Fsp3) is 0.222. The highest BCUT2D eigenvalue weighted by Crippen LogP contribution is 2.26. The quantitative estimate of drug-likeness (QED) is 0.735. The van der Waals surface area contributed by atoms with Gasteiger partial charge in [0.1, 0.15) is 5.69 Å². The summed E-state index contributed by atoms with van der Waals surface area (Å²) in [7, 11) is 3.70. The standard InChI is InChI=1S/C18H18ClN3O/c1-21(11-8-13-6-9-20-10-7-13)18(23)16-12-14-4-3-5-15(19)17(14)22(16)2/h3-7,9-10,12H,8,11H2,1-2H3. The summed E-state index contributed by atoms with van der Waals surface area (Å²) in [6.45, 7) is 0.651. The van der Waals surface area contributed by atoms with Crippen molar-refractivity contribution in [2.24, 2.45) is 7.05 Å². The molecule has 4 nitrogen and oxygen atoms in total. The number of aryl methyl sites for hydroxylation is 1. The zero-order chi connectivity index (χ0) is 16.4. The second kappa shape index (κ2) is 6.42. The maximum absolute atomic E-state index is 12.7. The lowest BCUT2D eigenvalue weighted by molar-refractivity contribution is 0.0787. The van der Waals surface area contributed by atoms with E-state index in [1.807, 2.05) is 55.1 Å². The van der Waals surface area contributed by atoms with Crippen molar-refractivity contribution < 1.29 is 4.79 Å². The van der Waals surface area contributed by atoms with Crippen LogP contribution in [0.15, 0.2) is 48.8 Å². The third-order valence-corrected chi connectivity index (χ3v) is 4.36. The van der Waals surface area contributed by atoms with E-state index in [0.29, 0.717) is 17.3 Å². The first kappa shape index (κ1) is 15.6. The Kier molecular flexibility index (Phi) is 4.35. The molecule has 5 heteroatoms. The molecule has 1 aromatic carbocycles. The van der Waals surface area contributed by atoms with E-state index in [0.717, 1.165) is 17.3 Å². The molecule has 3 rings (SSSR count). The highest BCUT2D eigenvalue weighted by molar-refractivity contribution is 6.35. The maximum Gasteiger partial charge on any atom is 0.270 e. The van der Waals surface area contributed by atoms with E-state index in [9.17, 15) is 4.79 Å². The first-order valence-electron chi connectivity index (χ1n) is 7.46. The fourth-order valence-electron chi connectivity index (χ4n) is 2.72. The summed E-state index contributed by atoms with van der Waals surface area (Å²) < 4.78 is 1.86. The number of amides is 1. The largest absolute Gasteiger partial charge is 0.340 e. The van der Waals surface area contributed by atoms with Crippen molar-refractivity contribution in [3.05, 3.63) is 65.1 Å². The second-order valence-corrected chi connectivity index (χ2v) is 6.01. The van der Waals surface area contributed by atoms with Crippen molar-refractivity contribution in [3.8, 4) is 0 Å². The van der Waals surface area contributed by atoms with Gasteiger partial charge in [-0.25, -0.2) is 0 Å². The number of hydrogen-bond donors (Lipinski definition) is 0. The van der Waals surface area contributed by atoms with Gasteiger partial charge in [0.2, 0.25) is 0 Å². The van der Waals surface area contributed by atoms with Crippen molar-refractivity contribution in [1.29, 1.82) is 0 Å². The molecule has 0 spiro atoms. The minimum absolute atomic E-state index is 0.00572. The third kappa shape index (κ3) is 3.08. The molecule has 0 aliphatic heterocycles. The Bertz CT molecular complexity index is 842. The van der Waals surface area contributed by atoms with Gasteiger partial charge in [-0.3, -0.25) is 9.78 Å². The van der Waals surface area contributed by atoms with Gasteiger partial charge in [-0.2, -0.15) is 0 Å². The molecule has 0 bridgehead atoms. The first-order valence-corrected chi connectivity index (χ1v) is 7.84. The topological polar surface area (TPSA) is 38.1 Å². The van der Waals surface area contributed by atoms with E-state index in [1.54, 1.807) is 17.3 Å². The molecule has 0 atom stereocenters. The number of para-hydroxylation sites is 1. The van der Waals surface area contributed by atoms with E-state index in [2.05, 4.69) is 4.98 Å². The predicted molar refractivity (Wildman–Crippen MR) is 92.8 cm³/mol. The van der Waals surface area contributed by atoms with Gasteiger partial charge in [0, 0.05) is 38.4 Å². The second-order valence-electron chi connectivity index (χ2n) is 5.60. The van der Waals surface area contributed by atoms with Crippen LogP contribution in [0.4, 0.5) is 0 Å². The number of carbonyl (C=O) groups excluding carboxylic acids is 1. The highest BCUT2D eigenvalue weighted by atomic mass is 35.5. The van der Waals surface area contributed by atoms with E-state index in [-0.39, 0.29) is 5.91 Å². The van der Waals surface area contributed by atoms with Crippen molar-refractivity contribution in [2.45, 2.75) is 6.42 Å². The number of likely N-dealkylation sites (N-methyl/N-ethyl adjacent to an activating group) is 1. The molecule has 0 saturated heterocycles. The number of halogens is 1.